The third-order valence-corrected chi connectivity index (χ3v) is 1.83. The number of para-hydroxylation sites is 1. The van der Waals surface area contributed by atoms with Gasteiger partial charge in [0.2, 0.25) is 0 Å². The molecule has 4 nitrogen and oxygen atoms in total. The maximum absolute atomic E-state index is 10.9. The molecule has 0 aromatic heterocycles. The second-order valence-corrected chi connectivity index (χ2v) is 2.78. The van der Waals surface area contributed by atoms with Gasteiger partial charge in [0.05, 0.1) is 10.7 Å². The molecule has 0 N–H and O–H groups in total. The van der Waals surface area contributed by atoms with Crippen LogP contribution < -0.4 is 10.7 Å². The third-order valence-electron chi connectivity index (χ3n) is 1.83. The van der Waals surface area contributed by atoms with E-state index in [0.717, 1.165) is 5.56 Å². The van der Waals surface area contributed by atoms with Crippen LogP contribution in [0.15, 0.2) is 28.2 Å². The summed E-state index contributed by atoms with van der Waals surface area (Å²) in [6.07, 6.45) is 0. The van der Waals surface area contributed by atoms with Crippen LogP contribution in [0.25, 0.3) is 0 Å². The number of aryl methyl sites for hydroxylation is 1. The third kappa shape index (κ3) is 1.16. The Morgan fingerprint density at radius 2 is 1.77 bits per heavy atom. The minimum atomic E-state index is -0.793. The minimum Gasteiger partial charge on any atom is -0.261 e. The SMILES string of the molecule is Cc1cccc2c1=NC(=O)C(=O)N=2. The average molecular weight is 174 g/mol. The summed E-state index contributed by atoms with van der Waals surface area (Å²) in [6, 6.07) is 5.26. The van der Waals surface area contributed by atoms with Gasteiger partial charge in [-0.15, -0.1) is 0 Å². The molecule has 2 rings (SSSR count). The van der Waals surface area contributed by atoms with E-state index in [1.54, 1.807) is 12.1 Å². The molecular weight excluding hydrogens is 168 g/mol. The molecular formula is C9H6N2O2. The largest absolute Gasteiger partial charge is 0.338 e. The molecule has 0 bridgehead atoms. The summed E-state index contributed by atoms with van der Waals surface area (Å²) in [5.74, 6) is -1.58. The number of amides is 2. The van der Waals surface area contributed by atoms with E-state index in [9.17, 15) is 9.59 Å². The first-order chi connectivity index (χ1) is 6.18. The number of carbonyl (C=O) groups excluding carboxylic acids is 2. The number of rotatable bonds is 0. The quantitative estimate of drug-likeness (QED) is 0.488. The summed E-state index contributed by atoms with van der Waals surface area (Å²) < 4.78 is 0. The van der Waals surface area contributed by atoms with Gasteiger partial charge in [0.25, 0.3) is 0 Å². The highest BCUT2D eigenvalue weighted by molar-refractivity contribution is 6.36. The van der Waals surface area contributed by atoms with Crippen molar-refractivity contribution in [1.82, 2.24) is 0 Å². The highest BCUT2D eigenvalue weighted by Gasteiger charge is 2.15. The number of benzene rings is 1. The van der Waals surface area contributed by atoms with Gasteiger partial charge in [-0.05, 0) is 18.6 Å². The van der Waals surface area contributed by atoms with Gasteiger partial charge in [-0.1, -0.05) is 12.1 Å². The van der Waals surface area contributed by atoms with Crippen LogP contribution in [0, 0.1) is 6.92 Å². The zero-order valence-corrected chi connectivity index (χ0v) is 6.94. The van der Waals surface area contributed by atoms with E-state index in [2.05, 4.69) is 9.98 Å². The summed E-state index contributed by atoms with van der Waals surface area (Å²) in [4.78, 5) is 29.0. The second kappa shape index (κ2) is 2.58. The van der Waals surface area contributed by atoms with Gasteiger partial charge < -0.3 is 0 Å². The molecule has 1 aromatic carbocycles. The Morgan fingerprint density at radius 1 is 1.08 bits per heavy atom. The maximum atomic E-state index is 10.9. The van der Waals surface area contributed by atoms with Crippen LogP contribution in [0.5, 0.6) is 0 Å². The van der Waals surface area contributed by atoms with E-state index in [1.807, 2.05) is 13.0 Å². The van der Waals surface area contributed by atoms with Crippen LogP contribution in [0.2, 0.25) is 0 Å². The lowest BCUT2D eigenvalue weighted by molar-refractivity contribution is -0.135. The molecule has 0 atom stereocenters. The van der Waals surface area contributed by atoms with E-state index < -0.39 is 11.8 Å². The average Bonchev–Trinajstić information content (AvgIpc) is 2.09. The highest BCUT2D eigenvalue weighted by Crippen LogP contribution is 1.89. The topological polar surface area (TPSA) is 58.9 Å². The van der Waals surface area contributed by atoms with Crippen molar-refractivity contribution in [3.63, 3.8) is 0 Å². The predicted molar refractivity (Wildman–Crippen MR) is 43.5 cm³/mol. The van der Waals surface area contributed by atoms with Crippen molar-refractivity contribution >= 4 is 11.8 Å². The first-order valence-corrected chi connectivity index (χ1v) is 3.80. The van der Waals surface area contributed by atoms with Crippen LogP contribution >= 0.6 is 0 Å². The summed E-state index contributed by atoms with van der Waals surface area (Å²) in [7, 11) is 0. The molecule has 2 amide bonds. The van der Waals surface area contributed by atoms with Crippen molar-refractivity contribution in [3.8, 4) is 0 Å². The molecule has 0 fully saturated rings. The standard InChI is InChI=1S/C9H6N2O2/c1-5-3-2-4-6-7(5)11-9(13)8(12)10-6/h2-4H,1H3. The number of hydrogen-bond donors (Lipinski definition) is 0. The van der Waals surface area contributed by atoms with Crippen LogP contribution in [0.3, 0.4) is 0 Å². The molecule has 0 spiro atoms. The predicted octanol–water partition coefficient (Wildman–Crippen LogP) is -0.699. The molecule has 64 valence electrons. The zero-order valence-electron chi connectivity index (χ0n) is 6.94. The smallest absolute Gasteiger partial charge is 0.261 e. The van der Waals surface area contributed by atoms with Crippen molar-refractivity contribution < 1.29 is 9.59 Å². The van der Waals surface area contributed by atoms with E-state index >= 15 is 0 Å². The van der Waals surface area contributed by atoms with Gasteiger partial charge in [0.15, 0.2) is 0 Å². The zero-order chi connectivity index (χ0) is 9.42. The lowest BCUT2D eigenvalue weighted by Gasteiger charge is -1.98. The monoisotopic (exact) mass is 174 g/mol. The van der Waals surface area contributed by atoms with Crippen molar-refractivity contribution in [3.05, 3.63) is 34.5 Å². The van der Waals surface area contributed by atoms with Gasteiger partial charge in [0.1, 0.15) is 0 Å². The van der Waals surface area contributed by atoms with E-state index in [0.29, 0.717) is 10.7 Å². The number of nitrogens with zero attached hydrogens (tertiary/aromatic N) is 2. The Bertz CT molecular complexity index is 517. The Morgan fingerprint density at radius 3 is 2.54 bits per heavy atom. The summed E-state index contributed by atoms with van der Waals surface area (Å²) in [5.41, 5.74) is 0.849. The first kappa shape index (κ1) is 7.79. The van der Waals surface area contributed by atoms with Crippen LogP contribution in [0.1, 0.15) is 5.56 Å². The van der Waals surface area contributed by atoms with E-state index in [4.69, 9.17) is 0 Å². The molecule has 4 heteroatoms. The molecule has 0 unspecified atom stereocenters. The normalized spacial score (nSPS) is 14.5. The molecule has 0 saturated heterocycles. The molecule has 0 radical (unpaired) electrons. The van der Waals surface area contributed by atoms with Crippen LogP contribution in [-0.4, -0.2) is 11.8 Å². The Balaban J connectivity index is 2.92. The van der Waals surface area contributed by atoms with Crippen molar-refractivity contribution in [2.24, 2.45) is 9.98 Å². The van der Waals surface area contributed by atoms with Crippen molar-refractivity contribution in [2.45, 2.75) is 6.92 Å². The maximum Gasteiger partial charge on any atom is 0.338 e. The van der Waals surface area contributed by atoms with Crippen molar-refractivity contribution in [1.29, 1.82) is 0 Å². The van der Waals surface area contributed by atoms with Gasteiger partial charge in [-0.25, -0.2) is 9.98 Å². The van der Waals surface area contributed by atoms with Crippen LogP contribution in [0.4, 0.5) is 0 Å². The van der Waals surface area contributed by atoms with Crippen molar-refractivity contribution in [2.75, 3.05) is 0 Å². The fraction of sp³-hybridized carbons (Fsp3) is 0.111. The minimum absolute atomic E-state index is 0.476. The van der Waals surface area contributed by atoms with Gasteiger partial charge >= 0.3 is 11.8 Å². The Kier molecular flexibility index (Phi) is 1.55. The fourth-order valence-electron chi connectivity index (χ4n) is 1.19. The summed E-state index contributed by atoms with van der Waals surface area (Å²) >= 11 is 0. The Hall–Kier alpha value is -1.84. The number of carbonyl (C=O) groups is 2. The van der Waals surface area contributed by atoms with E-state index in [-0.39, 0.29) is 0 Å². The highest BCUT2D eigenvalue weighted by atomic mass is 16.2. The van der Waals surface area contributed by atoms with Gasteiger partial charge in [0, 0.05) is 0 Å². The summed E-state index contributed by atoms with van der Waals surface area (Å²) in [6.45, 7) is 1.82. The number of fused-ring (bicyclic) bond motifs is 1. The lowest BCUT2D eigenvalue weighted by Crippen LogP contribution is -2.35. The Labute approximate surface area is 73.6 Å². The molecule has 1 aliphatic heterocycles. The number of hydrogen-bond acceptors (Lipinski definition) is 2. The summed E-state index contributed by atoms with van der Waals surface area (Å²) in [5, 5.41) is 0.983. The molecule has 0 saturated carbocycles. The van der Waals surface area contributed by atoms with Gasteiger partial charge in [-0.3, -0.25) is 9.59 Å². The molecule has 1 aromatic rings. The van der Waals surface area contributed by atoms with Gasteiger partial charge in [-0.2, -0.15) is 0 Å². The van der Waals surface area contributed by atoms with Crippen LogP contribution in [-0.2, 0) is 9.59 Å². The molecule has 1 aliphatic rings. The fourth-order valence-corrected chi connectivity index (χ4v) is 1.19. The van der Waals surface area contributed by atoms with E-state index in [1.165, 1.54) is 0 Å². The lowest BCUT2D eigenvalue weighted by atomic mass is 10.2. The molecule has 0 aliphatic carbocycles. The second-order valence-electron chi connectivity index (χ2n) is 2.78. The first-order valence-electron chi connectivity index (χ1n) is 3.80. The molecule has 1 heterocycles. The molecule has 13 heavy (non-hydrogen) atoms.